The van der Waals surface area contributed by atoms with Crippen LogP contribution >= 0.6 is 0 Å². The minimum Gasteiger partial charge on any atom is -0.485 e. The number of carbonyl (C=O) groups excluding carboxylic acids is 1. The van der Waals surface area contributed by atoms with E-state index in [0.717, 1.165) is 16.9 Å². The molecule has 27 heavy (non-hydrogen) atoms. The summed E-state index contributed by atoms with van der Waals surface area (Å²) in [6.07, 6.45) is 0. The van der Waals surface area contributed by atoms with Crippen molar-refractivity contribution in [3.63, 3.8) is 0 Å². The minimum absolute atomic E-state index is 0.0446. The molecule has 0 fully saturated rings. The number of rotatable bonds is 6. The number of ether oxygens (including phenoxy) is 1. The molecule has 0 saturated heterocycles. The van der Waals surface area contributed by atoms with Gasteiger partial charge in [0.15, 0.2) is 5.76 Å². The van der Waals surface area contributed by atoms with Crippen molar-refractivity contribution in [2.75, 3.05) is 5.32 Å². The number of hydrogen-bond acceptors (Lipinski definition) is 5. The maximum Gasteiger partial charge on any atom is 0.291 e. The Morgan fingerprint density at radius 1 is 1.11 bits per heavy atom. The van der Waals surface area contributed by atoms with Gasteiger partial charge >= 0.3 is 0 Å². The van der Waals surface area contributed by atoms with Crippen LogP contribution in [0.5, 0.6) is 5.75 Å². The smallest absolute Gasteiger partial charge is 0.291 e. The minimum atomic E-state index is -0.500. The molecular weight excluding hydrogens is 348 g/mol. The third-order valence-electron chi connectivity index (χ3n) is 3.94. The first-order valence-electron chi connectivity index (χ1n) is 8.27. The lowest BCUT2D eigenvalue weighted by molar-refractivity contribution is -0.384. The highest BCUT2D eigenvalue weighted by atomic mass is 16.6. The molecule has 7 nitrogen and oxygen atoms in total. The van der Waals surface area contributed by atoms with Gasteiger partial charge in [-0.25, -0.2) is 0 Å². The Morgan fingerprint density at radius 2 is 1.85 bits per heavy atom. The van der Waals surface area contributed by atoms with E-state index in [4.69, 9.17) is 9.15 Å². The summed E-state index contributed by atoms with van der Waals surface area (Å²) in [4.78, 5) is 22.4. The summed E-state index contributed by atoms with van der Waals surface area (Å²) in [5, 5.41) is 13.3. The van der Waals surface area contributed by atoms with Crippen molar-refractivity contribution in [1.29, 1.82) is 0 Å². The molecule has 0 bridgehead atoms. The van der Waals surface area contributed by atoms with Crippen molar-refractivity contribution in [3.05, 3.63) is 87.4 Å². The van der Waals surface area contributed by atoms with Gasteiger partial charge in [0.1, 0.15) is 18.1 Å². The van der Waals surface area contributed by atoms with Crippen LogP contribution in [-0.2, 0) is 6.61 Å². The number of nitro benzene ring substituents is 1. The topological polar surface area (TPSA) is 94.6 Å². The fraction of sp³-hybridized carbons (Fsp3) is 0.150. The van der Waals surface area contributed by atoms with Gasteiger partial charge in [0, 0.05) is 17.8 Å². The van der Waals surface area contributed by atoms with Gasteiger partial charge in [-0.2, -0.15) is 0 Å². The monoisotopic (exact) mass is 366 g/mol. The summed E-state index contributed by atoms with van der Waals surface area (Å²) >= 11 is 0. The highest BCUT2D eigenvalue weighted by molar-refractivity contribution is 6.02. The predicted molar refractivity (Wildman–Crippen MR) is 100 cm³/mol. The molecule has 1 aromatic heterocycles. The third kappa shape index (κ3) is 4.52. The highest BCUT2D eigenvalue weighted by Crippen LogP contribution is 2.21. The molecule has 0 saturated carbocycles. The molecule has 0 spiro atoms. The quantitative estimate of drug-likeness (QED) is 0.507. The Morgan fingerprint density at radius 3 is 2.56 bits per heavy atom. The first-order valence-corrected chi connectivity index (χ1v) is 8.27. The molecule has 3 aromatic rings. The molecule has 2 aromatic carbocycles. The van der Waals surface area contributed by atoms with E-state index in [9.17, 15) is 14.9 Å². The van der Waals surface area contributed by atoms with Crippen molar-refractivity contribution in [2.24, 2.45) is 0 Å². The van der Waals surface area contributed by atoms with Gasteiger partial charge in [-0.05, 0) is 55.3 Å². The number of nitrogens with one attached hydrogen (secondary N) is 1. The summed E-state index contributed by atoms with van der Waals surface area (Å²) in [7, 11) is 0. The van der Waals surface area contributed by atoms with Gasteiger partial charge < -0.3 is 14.5 Å². The van der Waals surface area contributed by atoms with Crippen LogP contribution in [0.2, 0.25) is 0 Å². The van der Waals surface area contributed by atoms with E-state index in [-0.39, 0.29) is 18.1 Å². The maximum absolute atomic E-state index is 12.2. The van der Waals surface area contributed by atoms with Crippen molar-refractivity contribution >= 4 is 17.3 Å². The van der Waals surface area contributed by atoms with Crippen LogP contribution in [0.4, 0.5) is 11.4 Å². The molecule has 0 unspecified atom stereocenters. The number of anilines is 1. The largest absolute Gasteiger partial charge is 0.485 e. The maximum atomic E-state index is 12.2. The number of nitrogens with zero attached hydrogens (tertiary/aromatic N) is 1. The number of amides is 1. The van der Waals surface area contributed by atoms with Crippen molar-refractivity contribution < 1.29 is 18.9 Å². The lowest BCUT2D eigenvalue weighted by atomic mass is 10.1. The lowest BCUT2D eigenvalue weighted by Gasteiger charge is -2.08. The Bertz CT molecular complexity index is 976. The zero-order chi connectivity index (χ0) is 19.4. The van der Waals surface area contributed by atoms with Crippen LogP contribution in [0.1, 0.15) is 27.4 Å². The predicted octanol–water partition coefficient (Wildman–Crippen LogP) is 4.64. The standard InChI is InChI=1S/C20H18N2O5/c1-13-3-4-14(2)19(11-13)26-12-17-9-10-18(27-17)20(23)21-15-5-7-16(8-6-15)22(24)25/h3-11H,12H2,1-2H3,(H,21,23). The number of benzene rings is 2. The second-order valence-corrected chi connectivity index (χ2v) is 6.08. The molecule has 0 radical (unpaired) electrons. The van der Waals surface area contributed by atoms with Crippen LogP contribution in [0.25, 0.3) is 0 Å². The number of nitro groups is 1. The summed E-state index contributed by atoms with van der Waals surface area (Å²) in [5.74, 6) is 0.975. The Balaban J connectivity index is 1.61. The SMILES string of the molecule is Cc1ccc(C)c(OCc2ccc(C(=O)Nc3ccc([N+](=O)[O-])cc3)o2)c1. The van der Waals surface area contributed by atoms with E-state index in [1.54, 1.807) is 12.1 Å². The summed E-state index contributed by atoms with van der Waals surface area (Å²) < 4.78 is 11.3. The molecule has 138 valence electrons. The molecule has 0 aliphatic carbocycles. The fourth-order valence-electron chi connectivity index (χ4n) is 2.45. The van der Waals surface area contributed by atoms with Crippen LogP contribution in [0.3, 0.4) is 0 Å². The van der Waals surface area contributed by atoms with Gasteiger partial charge in [0.05, 0.1) is 4.92 Å². The summed E-state index contributed by atoms with van der Waals surface area (Å²) in [6.45, 7) is 4.15. The zero-order valence-electron chi connectivity index (χ0n) is 14.9. The van der Waals surface area contributed by atoms with Crippen LogP contribution in [0, 0.1) is 24.0 Å². The van der Waals surface area contributed by atoms with E-state index in [0.29, 0.717) is 11.4 Å². The van der Waals surface area contributed by atoms with Crippen molar-refractivity contribution in [2.45, 2.75) is 20.5 Å². The van der Waals surface area contributed by atoms with Crippen LogP contribution in [0.15, 0.2) is 59.0 Å². The molecule has 1 N–H and O–H groups in total. The molecule has 7 heteroatoms. The highest BCUT2D eigenvalue weighted by Gasteiger charge is 2.13. The number of hydrogen-bond donors (Lipinski definition) is 1. The van der Waals surface area contributed by atoms with E-state index < -0.39 is 10.8 Å². The second kappa shape index (κ2) is 7.74. The third-order valence-corrected chi connectivity index (χ3v) is 3.94. The molecule has 0 aliphatic rings. The van der Waals surface area contributed by atoms with Gasteiger partial charge in [0.25, 0.3) is 11.6 Å². The Kier molecular flexibility index (Phi) is 5.21. The average molecular weight is 366 g/mol. The number of aryl methyl sites for hydroxylation is 2. The Hall–Kier alpha value is -3.61. The molecule has 0 atom stereocenters. The number of non-ortho nitro benzene ring substituents is 1. The van der Waals surface area contributed by atoms with Gasteiger partial charge in [-0.15, -0.1) is 0 Å². The molecule has 0 aliphatic heterocycles. The first kappa shape index (κ1) is 18.2. The average Bonchev–Trinajstić information content (AvgIpc) is 3.12. The number of carbonyl (C=O) groups is 1. The number of furan rings is 1. The van der Waals surface area contributed by atoms with Gasteiger partial charge in [0.2, 0.25) is 0 Å². The van der Waals surface area contributed by atoms with E-state index in [1.165, 1.54) is 24.3 Å². The van der Waals surface area contributed by atoms with E-state index in [1.807, 2.05) is 32.0 Å². The van der Waals surface area contributed by atoms with Crippen LogP contribution < -0.4 is 10.1 Å². The molecule has 1 amide bonds. The summed E-state index contributed by atoms with van der Waals surface area (Å²) in [5.41, 5.74) is 2.51. The van der Waals surface area contributed by atoms with Crippen molar-refractivity contribution in [1.82, 2.24) is 0 Å². The molecular formula is C20H18N2O5. The molecule has 3 rings (SSSR count). The van der Waals surface area contributed by atoms with E-state index in [2.05, 4.69) is 5.32 Å². The van der Waals surface area contributed by atoms with Crippen molar-refractivity contribution in [3.8, 4) is 5.75 Å². The van der Waals surface area contributed by atoms with Gasteiger partial charge in [-0.1, -0.05) is 12.1 Å². The summed E-state index contributed by atoms with van der Waals surface area (Å²) in [6, 6.07) is 14.7. The van der Waals surface area contributed by atoms with E-state index >= 15 is 0 Å². The zero-order valence-corrected chi connectivity index (χ0v) is 14.9. The molecule has 1 heterocycles. The first-order chi connectivity index (χ1) is 12.9. The fourth-order valence-corrected chi connectivity index (χ4v) is 2.45. The Labute approximate surface area is 155 Å². The lowest BCUT2D eigenvalue weighted by Crippen LogP contribution is -2.10. The van der Waals surface area contributed by atoms with Gasteiger partial charge in [-0.3, -0.25) is 14.9 Å². The normalized spacial score (nSPS) is 10.4. The van der Waals surface area contributed by atoms with Crippen LogP contribution in [-0.4, -0.2) is 10.8 Å². The second-order valence-electron chi connectivity index (χ2n) is 6.08.